The summed E-state index contributed by atoms with van der Waals surface area (Å²) in [6, 6.07) is -1.70. The summed E-state index contributed by atoms with van der Waals surface area (Å²) in [6.07, 6.45) is -6.41. The summed E-state index contributed by atoms with van der Waals surface area (Å²) in [5, 5.41) is 66.7. The Morgan fingerprint density at radius 2 is 1.57 bits per heavy atom. The van der Waals surface area contributed by atoms with Crippen LogP contribution in [0.4, 0.5) is 17.1 Å². The first-order chi connectivity index (χ1) is 24.0. The van der Waals surface area contributed by atoms with Crippen molar-refractivity contribution in [3.8, 4) is 0 Å². The number of ether oxygens (including phenoxy) is 2. The Hall–Kier alpha value is -5.21. The largest absolute Gasteiger partial charge is 0.394 e. The van der Waals surface area contributed by atoms with Crippen LogP contribution in [-0.4, -0.2) is 142 Å². The highest BCUT2D eigenvalue weighted by Gasteiger charge is 2.45. The fraction of sp³-hybridized carbons (Fsp3) is 0.538. The summed E-state index contributed by atoms with van der Waals surface area (Å²) in [6.45, 7) is -2.50. The van der Waals surface area contributed by atoms with Crippen molar-refractivity contribution in [2.45, 2.75) is 49.7 Å². The van der Waals surface area contributed by atoms with Crippen molar-refractivity contribution in [2.75, 3.05) is 43.9 Å². The van der Waals surface area contributed by atoms with Gasteiger partial charge in [-0.15, -0.1) is 0 Å². The average Bonchev–Trinajstić information content (AvgIpc) is 3.08. The van der Waals surface area contributed by atoms with E-state index < -0.39 is 138 Å². The lowest BCUT2D eigenvalue weighted by atomic mass is 9.97. The number of anilines is 1. The van der Waals surface area contributed by atoms with Crippen LogP contribution in [0.15, 0.2) is 18.2 Å². The van der Waals surface area contributed by atoms with E-state index in [-0.39, 0.29) is 5.75 Å². The molecule has 2 rings (SSSR count). The topological polar surface area (TPSA) is 366 Å². The van der Waals surface area contributed by atoms with Gasteiger partial charge in [0.1, 0.15) is 42.1 Å². The minimum Gasteiger partial charge on any atom is -0.394 e. The maximum absolute atomic E-state index is 13.2. The lowest BCUT2D eigenvalue weighted by molar-refractivity contribution is -0.393. The molecule has 1 aromatic rings. The van der Waals surface area contributed by atoms with Gasteiger partial charge in [0.25, 0.3) is 11.4 Å². The van der Waals surface area contributed by atoms with Crippen LogP contribution in [0.1, 0.15) is 6.92 Å². The van der Waals surface area contributed by atoms with Gasteiger partial charge in [-0.25, -0.2) is 0 Å². The second-order valence-corrected chi connectivity index (χ2v) is 11.0. The van der Waals surface area contributed by atoms with Crippen molar-refractivity contribution in [3.63, 3.8) is 0 Å². The number of aliphatic hydroxyl groups is 3. The lowest BCUT2D eigenvalue weighted by Crippen LogP contribution is -2.65. The van der Waals surface area contributed by atoms with Crippen molar-refractivity contribution >= 4 is 65.1 Å². The minimum absolute atomic E-state index is 0.0898. The molecule has 0 radical (unpaired) electrons. The van der Waals surface area contributed by atoms with E-state index in [4.69, 9.17) is 15.2 Å². The number of nitrogens with zero attached hydrogens (tertiary/aromatic N) is 2. The molecule has 0 unspecified atom stereocenters. The van der Waals surface area contributed by atoms with E-state index in [2.05, 4.69) is 44.5 Å². The van der Waals surface area contributed by atoms with E-state index in [1.807, 2.05) is 0 Å². The van der Waals surface area contributed by atoms with Crippen LogP contribution < -0.4 is 37.6 Å². The van der Waals surface area contributed by atoms with Crippen LogP contribution in [0.2, 0.25) is 0 Å². The van der Waals surface area contributed by atoms with Crippen LogP contribution >= 0.6 is 12.6 Å². The van der Waals surface area contributed by atoms with E-state index in [1.54, 1.807) is 0 Å². The summed E-state index contributed by atoms with van der Waals surface area (Å²) >= 11 is 3.87. The molecule has 1 aliphatic rings. The number of non-ortho nitro benzene ring substituents is 1. The Morgan fingerprint density at radius 1 is 0.961 bits per heavy atom. The molecule has 1 aromatic carbocycles. The summed E-state index contributed by atoms with van der Waals surface area (Å²) in [5.74, 6) is -5.20. The molecule has 51 heavy (non-hydrogen) atoms. The fourth-order valence-electron chi connectivity index (χ4n) is 4.31. The number of aliphatic hydroxyl groups excluding tert-OH is 3. The van der Waals surface area contributed by atoms with Crippen molar-refractivity contribution in [1.29, 1.82) is 0 Å². The molecular formula is C26H37N9O15S. The van der Waals surface area contributed by atoms with Gasteiger partial charge in [-0.3, -0.25) is 49.0 Å². The van der Waals surface area contributed by atoms with Gasteiger partial charge >= 0.3 is 0 Å². The van der Waals surface area contributed by atoms with Crippen LogP contribution in [0.25, 0.3) is 0 Å². The number of nitro groups is 2. The minimum atomic E-state index is -1.73. The van der Waals surface area contributed by atoms with Gasteiger partial charge in [-0.2, -0.15) is 12.6 Å². The quantitative estimate of drug-likeness (QED) is 0.0357. The number of nitrogens with one attached hydrogen (secondary N) is 6. The fourth-order valence-corrected chi connectivity index (χ4v) is 4.58. The van der Waals surface area contributed by atoms with E-state index in [0.717, 1.165) is 19.1 Å². The van der Waals surface area contributed by atoms with Gasteiger partial charge < -0.3 is 62.4 Å². The zero-order valence-electron chi connectivity index (χ0n) is 26.7. The van der Waals surface area contributed by atoms with Gasteiger partial charge in [0.05, 0.1) is 48.8 Å². The molecule has 0 saturated carbocycles. The number of hydrogen-bond donors (Lipinski definition) is 11. The maximum atomic E-state index is 13.2. The van der Waals surface area contributed by atoms with E-state index in [9.17, 15) is 64.3 Å². The molecule has 6 amide bonds. The van der Waals surface area contributed by atoms with Gasteiger partial charge in [0.15, 0.2) is 6.29 Å². The maximum Gasteiger partial charge on any atom is 0.299 e. The molecule has 0 spiro atoms. The Morgan fingerprint density at radius 3 is 2.10 bits per heavy atom. The molecule has 11 N–H and O–H groups in total. The highest BCUT2D eigenvalue weighted by Crippen LogP contribution is 2.30. The number of carbonyl (C=O) groups is 6. The SMILES string of the molecule is CC(=O)N[C@H]1[C@@H](OC[C@H](Nc2ccc([N+](=O)[O-])cc2[N+](=O)[O-])C(=O)NCC(=O)NCC(=O)NCC(=O)N[C@@H](CS)C(N)=O)O[C@H](CO)[C@H](O)[C@@H]1O. The Labute approximate surface area is 292 Å². The van der Waals surface area contributed by atoms with Crippen LogP contribution in [0, 0.1) is 20.2 Å². The Kier molecular flexibility index (Phi) is 16.3. The molecule has 25 heteroatoms. The number of carbonyl (C=O) groups excluding carboxylic acids is 6. The average molecular weight is 748 g/mol. The van der Waals surface area contributed by atoms with E-state index >= 15 is 0 Å². The molecule has 1 fully saturated rings. The molecule has 0 aromatic heterocycles. The zero-order chi connectivity index (χ0) is 38.4. The van der Waals surface area contributed by atoms with Gasteiger partial charge in [-0.05, 0) is 6.07 Å². The predicted molar refractivity (Wildman–Crippen MR) is 172 cm³/mol. The van der Waals surface area contributed by atoms with Gasteiger partial charge in [0.2, 0.25) is 35.4 Å². The van der Waals surface area contributed by atoms with Crippen molar-refractivity contribution in [1.82, 2.24) is 26.6 Å². The first kappa shape index (κ1) is 42.0. The lowest BCUT2D eigenvalue weighted by Gasteiger charge is -2.42. The summed E-state index contributed by atoms with van der Waals surface area (Å²) < 4.78 is 11.1. The molecule has 1 saturated heterocycles. The number of hydrogen-bond acceptors (Lipinski definition) is 17. The number of primary amides is 1. The number of rotatable bonds is 19. The zero-order valence-corrected chi connectivity index (χ0v) is 27.6. The highest BCUT2D eigenvalue weighted by molar-refractivity contribution is 7.80. The number of amides is 6. The monoisotopic (exact) mass is 747 g/mol. The number of nitrogens with two attached hydrogens (primary N) is 1. The molecule has 24 nitrogen and oxygen atoms in total. The smallest absolute Gasteiger partial charge is 0.299 e. The first-order valence-corrected chi connectivity index (χ1v) is 15.3. The summed E-state index contributed by atoms with van der Waals surface area (Å²) in [7, 11) is 0. The van der Waals surface area contributed by atoms with Crippen LogP contribution in [0.3, 0.4) is 0 Å². The standard InChI is InChI=1S/C26H37N9O15S/c1-11(37)31-21-23(42)22(41)17(8-36)50-26(21)49-9-14(32-13-3-2-12(34(45)46)4-16(13)35(47)48)25(44)30-6-19(39)28-5-18(38)29-7-20(40)33-15(10-51)24(27)43/h2-4,14-15,17,21-23,26,32,36,41-42,51H,5-10H2,1H3,(H2,27,43)(H,28,39)(H,29,38)(H,30,44)(H,31,37)(H,33,40)/t14-,15-,17+,21+,22-,23+,26-/m0/s1. The highest BCUT2D eigenvalue weighted by atomic mass is 32.1. The summed E-state index contributed by atoms with van der Waals surface area (Å²) in [4.78, 5) is 93.5. The van der Waals surface area contributed by atoms with Gasteiger partial charge in [-0.1, -0.05) is 0 Å². The van der Waals surface area contributed by atoms with Crippen LogP contribution in [0.5, 0.6) is 0 Å². The molecule has 0 aliphatic carbocycles. The summed E-state index contributed by atoms with van der Waals surface area (Å²) in [5.41, 5.74) is 3.23. The molecule has 7 atom stereocenters. The molecule has 1 aliphatic heterocycles. The van der Waals surface area contributed by atoms with Crippen LogP contribution in [-0.2, 0) is 38.2 Å². The second-order valence-electron chi connectivity index (χ2n) is 10.7. The first-order valence-electron chi connectivity index (χ1n) is 14.7. The molecular weight excluding hydrogens is 710 g/mol. The Balaban J connectivity index is 2.15. The Bertz CT molecular complexity index is 1490. The van der Waals surface area contributed by atoms with Crippen molar-refractivity contribution in [3.05, 3.63) is 38.4 Å². The van der Waals surface area contributed by atoms with Gasteiger partial charge in [0, 0.05) is 18.7 Å². The third-order valence-electron chi connectivity index (χ3n) is 6.89. The number of nitro benzene ring substituents is 2. The van der Waals surface area contributed by atoms with E-state index in [1.165, 1.54) is 0 Å². The van der Waals surface area contributed by atoms with E-state index in [0.29, 0.717) is 6.07 Å². The number of thiol groups is 1. The van der Waals surface area contributed by atoms with Crippen molar-refractivity contribution in [2.24, 2.45) is 5.73 Å². The number of benzene rings is 1. The predicted octanol–water partition coefficient (Wildman–Crippen LogP) is -5.51. The molecule has 282 valence electrons. The third-order valence-corrected chi connectivity index (χ3v) is 7.25. The molecule has 0 bridgehead atoms. The second kappa shape index (κ2) is 19.8. The van der Waals surface area contributed by atoms with Crippen molar-refractivity contribution < 1.29 is 63.4 Å². The normalized spacial score (nSPS) is 20.8. The third kappa shape index (κ3) is 12.9. The molecule has 1 heterocycles.